The first-order chi connectivity index (χ1) is 21.7. The summed E-state index contributed by atoms with van der Waals surface area (Å²) in [6.07, 6.45) is 1.57. The minimum Gasteiger partial charge on any atom is -0.507 e. The molecule has 9 nitrogen and oxygen atoms in total. The fourth-order valence-corrected chi connectivity index (χ4v) is 6.72. The fraction of sp³-hybridized carbons (Fsp3) is 0.343. The largest absolute Gasteiger partial charge is 0.507 e. The number of aliphatic hydroxyl groups is 1. The Morgan fingerprint density at radius 2 is 1.91 bits per heavy atom. The molecule has 1 fully saturated rings. The molecule has 0 bridgehead atoms. The number of methoxy groups -OCH3 is 1. The van der Waals surface area contributed by atoms with Crippen LogP contribution >= 0.6 is 11.3 Å². The van der Waals surface area contributed by atoms with Gasteiger partial charge in [0.25, 0.3) is 5.78 Å². The van der Waals surface area contributed by atoms with E-state index in [2.05, 4.69) is 13.8 Å². The number of aliphatic hydroxyl groups excluding tert-OH is 1. The second-order valence-electron chi connectivity index (χ2n) is 11.6. The van der Waals surface area contributed by atoms with Crippen molar-refractivity contribution in [1.29, 1.82) is 0 Å². The van der Waals surface area contributed by atoms with Gasteiger partial charge in [-0.2, -0.15) is 0 Å². The number of aromatic nitrogens is 1. The Bertz CT molecular complexity index is 1810. The number of Topliss-reactive ketones (excluding diaryl/α,β-unsaturated/α-hetero) is 1. The number of thiazole rings is 1. The number of nitrogens with zero attached hydrogens (tertiary/aromatic N) is 2. The van der Waals surface area contributed by atoms with Gasteiger partial charge in [-0.15, -0.1) is 0 Å². The number of hydrogen-bond acceptors (Lipinski definition) is 9. The molecular formula is C35H36N2O7S. The normalized spacial score (nSPS) is 18.8. The molecule has 1 amide bonds. The third-order valence-corrected chi connectivity index (χ3v) is 8.95. The Hall–Kier alpha value is -4.57. The highest BCUT2D eigenvalue weighted by atomic mass is 32.1. The lowest BCUT2D eigenvalue weighted by atomic mass is 9.94. The number of fused-ring (bicyclic) bond motifs is 2. The van der Waals surface area contributed by atoms with Gasteiger partial charge in [0, 0.05) is 12.0 Å². The van der Waals surface area contributed by atoms with E-state index in [9.17, 15) is 14.7 Å². The fourth-order valence-electron chi connectivity index (χ4n) is 5.70. The minimum atomic E-state index is -0.973. The topological polar surface area (TPSA) is 107 Å². The van der Waals surface area contributed by atoms with Crippen LogP contribution in [0.2, 0.25) is 0 Å². The van der Waals surface area contributed by atoms with Crippen LogP contribution in [0, 0.1) is 5.92 Å². The van der Waals surface area contributed by atoms with E-state index in [1.54, 1.807) is 37.4 Å². The van der Waals surface area contributed by atoms with Gasteiger partial charge in [-0.05, 0) is 85.8 Å². The van der Waals surface area contributed by atoms with E-state index < -0.39 is 17.7 Å². The predicted molar refractivity (Wildman–Crippen MR) is 174 cm³/mol. The highest BCUT2D eigenvalue weighted by Crippen LogP contribution is 2.46. The van der Waals surface area contributed by atoms with Crippen LogP contribution < -0.4 is 23.8 Å². The monoisotopic (exact) mass is 628 g/mol. The predicted octanol–water partition coefficient (Wildman–Crippen LogP) is 7.08. The average molecular weight is 629 g/mol. The second-order valence-corrected chi connectivity index (χ2v) is 12.6. The summed E-state index contributed by atoms with van der Waals surface area (Å²) >= 11 is 1.28. The van der Waals surface area contributed by atoms with Crippen molar-refractivity contribution in [1.82, 2.24) is 4.98 Å². The van der Waals surface area contributed by atoms with E-state index in [1.165, 1.54) is 16.2 Å². The molecule has 10 heteroatoms. The molecule has 0 spiro atoms. The number of amides is 1. The van der Waals surface area contributed by atoms with Crippen molar-refractivity contribution in [3.05, 3.63) is 76.9 Å². The molecule has 1 N–H and O–H groups in total. The molecule has 4 aromatic rings. The van der Waals surface area contributed by atoms with Crippen LogP contribution in [0.3, 0.4) is 0 Å². The SMILES string of the molecule is CCOc1ccc2nc(N3C(=O)C(=O)C(=C(O)c4ccc5c(c4)C[C@H](C)O5)[C@H]3c3ccc(OCCC(C)C)c(OC)c3)sc2c1. The van der Waals surface area contributed by atoms with E-state index in [1.807, 2.05) is 38.1 Å². The smallest absolute Gasteiger partial charge is 0.301 e. The summed E-state index contributed by atoms with van der Waals surface area (Å²) in [5, 5.41) is 12.1. The average Bonchev–Trinajstić information content (AvgIpc) is 3.68. The zero-order chi connectivity index (χ0) is 31.8. The van der Waals surface area contributed by atoms with Crippen LogP contribution in [-0.4, -0.2) is 48.2 Å². The lowest BCUT2D eigenvalue weighted by molar-refractivity contribution is -0.132. The molecule has 1 saturated heterocycles. The van der Waals surface area contributed by atoms with Gasteiger partial charge < -0.3 is 24.1 Å². The summed E-state index contributed by atoms with van der Waals surface area (Å²) < 4.78 is 24.0. The van der Waals surface area contributed by atoms with Crippen molar-refractivity contribution in [2.45, 2.75) is 52.7 Å². The van der Waals surface area contributed by atoms with E-state index >= 15 is 0 Å². The second kappa shape index (κ2) is 12.4. The standard InChI is InChI=1S/C35H36N2O7S/c1-6-42-24-9-10-25-29(18-24)45-35(36-25)37-31(21-7-12-27(28(17-21)41-5)43-14-13-19(2)3)30(33(39)34(37)40)32(38)22-8-11-26-23(16-22)15-20(4)44-26/h7-12,16-20,31,38H,6,13-15H2,1-5H3/t20-,31+/m0/s1. The zero-order valence-electron chi connectivity index (χ0n) is 26.0. The number of ether oxygens (including phenoxy) is 4. The quantitative estimate of drug-likeness (QED) is 0.113. The molecule has 0 unspecified atom stereocenters. The molecule has 2 aliphatic heterocycles. The van der Waals surface area contributed by atoms with Gasteiger partial charge in [0.2, 0.25) is 0 Å². The molecule has 2 atom stereocenters. The molecule has 3 heterocycles. The third kappa shape index (κ3) is 5.82. The summed E-state index contributed by atoms with van der Waals surface area (Å²) in [6.45, 7) is 9.16. The van der Waals surface area contributed by atoms with Crippen LogP contribution in [-0.2, 0) is 16.0 Å². The molecule has 1 aromatic heterocycles. The van der Waals surface area contributed by atoms with Crippen LogP contribution in [0.5, 0.6) is 23.0 Å². The number of carbonyl (C=O) groups is 2. The summed E-state index contributed by atoms with van der Waals surface area (Å²) in [6, 6.07) is 15.2. The molecule has 6 rings (SSSR count). The summed E-state index contributed by atoms with van der Waals surface area (Å²) in [5.41, 5.74) is 2.56. The van der Waals surface area contributed by atoms with Gasteiger partial charge in [-0.25, -0.2) is 4.98 Å². The Balaban J connectivity index is 1.48. The van der Waals surface area contributed by atoms with Crippen molar-refractivity contribution in [2.75, 3.05) is 25.2 Å². The van der Waals surface area contributed by atoms with Crippen molar-refractivity contribution < 1.29 is 33.6 Å². The molecule has 3 aromatic carbocycles. The van der Waals surface area contributed by atoms with Crippen molar-refractivity contribution in [3.63, 3.8) is 0 Å². The maximum atomic E-state index is 13.8. The van der Waals surface area contributed by atoms with Crippen molar-refractivity contribution >= 4 is 44.1 Å². The maximum Gasteiger partial charge on any atom is 0.301 e. The lowest BCUT2D eigenvalue weighted by Crippen LogP contribution is -2.29. The van der Waals surface area contributed by atoms with Gasteiger partial charge in [0.15, 0.2) is 16.6 Å². The minimum absolute atomic E-state index is 0.0130. The summed E-state index contributed by atoms with van der Waals surface area (Å²) in [5.74, 6) is 1.07. The van der Waals surface area contributed by atoms with Crippen molar-refractivity contribution in [3.8, 4) is 23.0 Å². The molecule has 45 heavy (non-hydrogen) atoms. The highest BCUT2D eigenvalue weighted by molar-refractivity contribution is 7.22. The lowest BCUT2D eigenvalue weighted by Gasteiger charge is -2.24. The first-order valence-electron chi connectivity index (χ1n) is 15.1. The van der Waals surface area contributed by atoms with E-state index in [0.29, 0.717) is 64.6 Å². The molecule has 234 valence electrons. The number of anilines is 1. The number of hydrogen-bond donors (Lipinski definition) is 1. The third-order valence-electron chi connectivity index (χ3n) is 7.94. The molecule has 2 aliphatic rings. The maximum absolute atomic E-state index is 13.8. The van der Waals surface area contributed by atoms with Crippen LogP contribution in [0.4, 0.5) is 5.13 Å². The van der Waals surface area contributed by atoms with Crippen LogP contribution in [0.1, 0.15) is 56.8 Å². The molecule has 0 saturated carbocycles. The Labute approximate surface area is 266 Å². The van der Waals surface area contributed by atoms with Gasteiger partial charge in [-0.1, -0.05) is 31.3 Å². The van der Waals surface area contributed by atoms with Crippen LogP contribution in [0.25, 0.3) is 16.0 Å². The number of carbonyl (C=O) groups excluding carboxylic acids is 2. The number of ketones is 1. The van der Waals surface area contributed by atoms with Crippen LogP contribution in [0.15, 0.2) is 60.2 Å². The van der Waals surface area contributed by atoms with E-state index in [4.69, 9.17) is 23.9 Å². The Morgan fingerprint density at radius 3 is 2.67 bits per heavy atom. The van der Waals surface area contributed by atoms with E-state index in [-0.39, 0.29) is 17.4 Å². The highest BCUT2D eigenvalue weighted by Gasteiger charge is 2.48. The molecular weight excluding hydrogens is 592 g/mol. The first-order valence-corrected chi connectivity index (χ1v) is 15.9. The van der Waals surface area contributed by atoms with Gasteiger partial charge >= 0.3 is 5.91 Å². The van der Waals surface area contributed by atoms with Gasteiger partial charge in [-0.3, -0.25) is 14.5 Å². The first kappa shape index (κ1) is 30.5. The van der Waals surface area contributed by atoms with Gasteiger partial charge in [0.1, 0.15) is 23.4 Å². The molecule has 0 radical (unpaired) electrons. The molecule has 0 aliphatic carbocycles. The van der Waals surface area contributed by atoms with Crippen molar-refractivity contribution in [2.24, 2.45) is 5.92 Å². The zero-order valence-corrected chi connectivity index (χ0v) is 26.8. The number of benzene rings is 3. The Kier molecular flexibility index (Phi) is 8.42. The summed E-state index contributed by atoms with van der Waals surface area (Å²) in [7, 11) is 1.54. The summed E-state index contributed by atoms with van der Waals surface area (Å²) in [4.78, 5) is 33.8. The van der Waals surface area contributed by atoms with Gasteiger partial charge in [0.05, 0.1) is 42.2 Å². The Morgan fingerprint density at radius 1 is 1.09 bits per heavy atom. The van der Waals surface area contributed by atoms with E-state index in [0.717, 1.165) is 22.4 Å². The number of rotatable bonds is 10.